The van der Waals surface area contributed by atoms with E-state index in [2.05, 4.69) is 10.3 Å². The molecular formula is C7H9N3O2. The Morgan fingerprint density at radius 2 is 2.42 bits per heavy atom. The highest BCUT2D eigenvalue weighted by molar-refractivity contribution is 5.64. The number of aromatic nitrogens is 1. The zero-order valence-corrected chi connectivity index (χ0v) is 6.32. The number of nitrogens with zero attached hydrogens (tertiary/aromatic N) is 1. The third kappa shape index (κ3) is 2.45. The summed E-state index contributed by atoms with van der Waals surface area (Å²) in [7, 11) is 0. The highest BCUT2D eigenvalue weighted by atomic mass is 16.4. The monoisotopic (exact) mass is 167 g/mol. The third-order valence-corrected chi connectivity index (χ3v) is 1.26. The van der Waals surface area contributed by atoms with Gasteiger partial charge in [0.2, 0.25) is 0 Å². The summed E-state index contributed by atoms with van der Waals surface area (Å²) < 4.78 is 0. The number of hydrogen-bond acceptors (Lipinski definition) is 3. The van der Waals surface area contributed by atoms with Crippen molar-refractivity contribution in [2.24, 2.45) is 0 Å². The molecule has 0 aliphatic carbocycles. The first-order chi connectivity index (χ1) is 5.68. The Hall–Kier alpha value is -1.78. The van der Waals surface area contributed by atoms with Crippen LogP contribution in [0.15, 0.2) is 18.5 Å². The first-order valence-corrected chi connectivity index (χ1v) is 3.34. The van der Waals surface area contributed by atoms with Crippen LogP contribution in [0.5, 0.6) is 0 Å². The van der Waals surface area contributed by atoms with Crippen LogP contribution in [0.3, 0.4) is 0 Å². The van der Waals surface area contributed by atoms with Crippen molar-refractivity contribution >= 4 is 11.8 Å². The zero-order valence-electron chi connectivity index (χ0n) is 6.32. The molecule has 0 aliphatic rings. The molecule has 5 nitrogen and oxygen atoms in total. The van der Waals surface area contributed by atoms with Crippen LogP contribution in [-0.2, 0) is 6.54 Å². The largest absolute Gasteiger partial charge is 0.465 e. The van der Waals surface area contributed by atoms with Gasteiger partial charge in [0, 0.05) is 18.9 Å². The van der Waals surface area contributed by atoms with E-state index >= 15 is 0 Å². The van der Waals surface area contributed by atoms with Crippen LogP contribution in [0.1, 0.15) is 5.56 Å². The van der Waals surface area contributed by atoms with E-state index in [0.29, 0.717) is 5.69 Å². The van der Waals surface area contributed by atoms with Crippen LogP contribution < -0.4 is 11.1 Å². The minimum Gasteiger partial charge on any atom is -0.465 e. The summed E-state index contributed by atoms with van der Waals surface area (Å²) in [5, 5.41) is 10.5. The SMILES string of the molecule is Nc1cncc(CNC(=O)O)c1. The van der Waals surface area contributed by atoms with Gasteiger partial charge in [0.25, 0.3) is 0 Å². The van der Waals surface area contributed by atoms with Crippen LogP contribution in [0.25, 0.3) is 0 Å². The van der Waals surface area contributed by atoms with Crippen LogP contribution in [-0.4, -0.2) is 16.2 Å². The van der Waals surface area contributed by atoms with E-state index in [0.717, 1.165) is 5.56 Å². The Bertz CT molecular complexity index is 288. The van der Waals surface area contributed by atoms with Crippen molar-refractivity contribution in [2.45, 2.75) is 6.54 Å². The maximum Gasteiger partial charge on any atom is 0.404 e. The standard InChI is InChI=1S/C7H9N3O2/c8-6-1-5(2-9-4-6)3-10-7(11)12/h1-2,4,10H,3,8H2,(H,11,12). The van der Waals surface area contributed by atoms with E-state index in [1.54, 1.807) is 12.3 Å². The number of nitrogen functional groups attached to an aromatic ring is 1. The summed E-state index contributed by atoms with van der Waals surface area (Å²) >= 11 is 0. The second kappa shape index (κ2) is 3.56. The molecule has 1 rings (SSSR count). The minimum absolute atomic E-state index is 0.230. The summed E-state index contributed by atoms with van der Waals surface area (Å²) in [4.78, 5) is 13.9. The highest BCUT2D eigenvalue weighted by Crippen LogP contribution is 2.02. The van der Waals surface area contributed by atoms with Gasteiger partial charge in [-0.1, -0.05) is 0 Å². The number of pyridine rings is 1. The molecule has 1 amide bonds. The molecule has 5 heteroatoms. The molecule has 0 aliphatic heterocycles. The van der Waals surface area contributed by atoms with E-state index in [-0.39, 0.29) is 6.54 Å². The fourth-order valence-corrected chi connectivity index (χ4v) is 0.782. The second-order valence-electron chi connectivity index (χ2n) is 2.29. The lowest BCUT2D eigenvalue weighted by molar-refractivity contribution is 0.194. The lowest BCUT2D eigenvalue weighted by Crippen LogP contribution is -2.20. The maximum absolute atomic E-state index is 10.1. The molecular weight excluding hydrogens is 158 g/mol. The molecule has 0 saturated heterocycles. The molecule has 0 unspecified atom stereocenters. The number of hydrogen-bond donors (Lipinski definition) is 3. The molecule has 0 radical (unpaired) electrons. The van der Waals surface area contributed by atoms with E-state index < -0.39 is 6.09 Å². The van der Waals surface area contributed by atoms with Crippen LogP contribution in [0.4, 0.5) is 10.5 Å². The molecule has 0 fully saturated rings. The van der Waals surface area contributed by atoms with Gasteiger partial charge in [-0.25, -0.2) is 4.79 Å². The van der Waals surface area contributed by atoms with Gasteiger partial charge in [-0.2, -0.15) is 0 Å². The first kappa shape index (κ1) is 8.32. The number of carbonyl (C=O) groups is 1. The fourth-order valence-electron chi connectivity index (χ4n) is 0.782. The molecule has 12 heavy (non-hydrogen) atoms. The van der Waals surface area contributed by atoms with E-state index in [4.69, 9.17) is 10.8 Å². The van der Waals surface area contributed by atoms with Crippen molar-refractivity contribution in [3.05, 3.63) is 24.0 Å². The summed E-state index contributed by atoms with van der Waals surface area (Å²) in [5.74, 6) is 0. The molecule has 0 spiro atoms. The normalized spacial score (nSPS) is 9.33. The number of nitrogens with two attached hydrogens (primary N) is 1. The quantitative estimate of drug-likeness (QED) is 0.596. The van der Waals surface area contributed by atoms with Crippen molar-refractivity contribution in [1.29, 1.82) is 0 Å². The molecule has 0 aromatic carbocycles. The Labute approximate surface area is 69.2 Å². The predicted molar refractivity (Wildman–Crippen MR) is 43.5 cm³/mol. The summed E-state index contributed by atoms with van der Waals surface area (Å²) in [6.45, 7) is 0.230. The number of amides is 1. The Morgan fingerprint density at radius 3 is 3.00 bits per heavy atom. The smallest absolute Gasteiger partial charge is 0.404 e. The molecule has 4 N–H and O–H groups in total. The second-order valence-corrected chi connectivity index (χ2v) is 2.29. The van der Waals surface area contributed by atoms with E-state index in [1.807, 2.05) is 0 Å². The van der Waals surface area contributed by atoms with Crippen molar-refractivity contribution in [1.82, 2.24) is 10.3 Å². The Kier molecular flexibility index (Phi) is 2.47. The van der Waals surface area contributed by atoms with Gasteiger partial charge in [-0.15, -0.1) is 0 Å². The van der Waals surface area contributed by atoms with E-state index in [1.165, 1.54) is 6.20 Å². The maximum atomic E-state index is 10.1. The molecule has 1 aromatic heterocycles. The van der Waals surface area contributed by atoms with Gasteiger partial charge in [0.1, 0.15) is 0 Å². The molecule has 1 aromatic rings. The van der Waals surface area contributed by atoms with Crippen molar-refractivity contribution < 1.29 is 9.90 Å². The highest BCUT2D eigenvalue weighted by Gasteiger charge is 1.96. The van der Waals surface area contributed by atoms with Crippen LogP contribution in [0.2, 0.25) is 0 Å². The lowest BCUT2D eigenvalue weighted by atomic mass is 10.3. The molecule has 0 atom stereocenters. The number of carboxylic acid groups (broad SMARTS) is 1. The van der Waals surface area contributed by atoms with Crippen molar-refractivity contribution in [3.63, 3.8) is 0 Å². The third-order valence-electron chi connectivity index (χ3n) is 1.26. The molecule has 0 saturated carbocycles. The fraction of sp³-hybridized carbons (Fsp3) is 0.143. The summed E-state index contributed by atoms with van der Waals surface area (Å²) in [6, 6.07) is 1.67. The molecule has 64 valence electrons. The number of rotatable bonds is 2. The van der Waals surface area contributed by atoms with Gasteiger partial charge < -0.3 is 16.2 Å². The number of anilines is 1. The van der Waals surface area contributed by atoms with Gasteiger partial charge in [0.15, 0.2) is 0 Å². The van der Waals surface area contributed by atoms with Crippen LogP contribution in [0, 0.1) is 0 Å². The van der Waals surface area contributed by atoms with Gasteiger partial charge in [-0.05, 0) is 11.6 Å². The predicted octanol–water partition coefficient (Wildman–Crippen LogP) is 0.431. The van der Waals surface area contributed by atoms with Gasteiger partial charge in [-0.3, -0.25) is 4.98 Å². The summed E-state index contributed by atoms with van der Waals surface area (Å²) in [6.07, 6.45) is 2.01. The topological polar surface area (TPSA) is 88.2 Å². The molecule has 1 heterocycles. The lowest BCUT2D eigenvalue weighted by Gasteiger charge is -2.00. The van der Waals surface area contributed by atoms with Gasteiger partial charge in [0.05, 0.1) is 5.69 Å². The minimum atomic E-state index is -1.06. The number of nitrogens with one attached hydrogen (secondary N) is 1. The Balaban J connectivity index is 2.57. The van der Waals surface area contributed by atoms with Crippen molar-refractivity contribution in [3.8, 4) is 0 Å². The zero-order chi connectivity index (χ0) is 8.97. The van der Waals surface area contributed by atoms with Crippen molar-refractivity contribution in [2.75, 3.05) is 5.73 Å². The first-order valence-electron chi connectivity index (χ1n) is 3.34. The average molecular weight is 167 g/mol. The van der Waals surface area contributed by atoms with Gasteiger partial charge >= 0.3 is 6.09 Å². The Morgan fingerprint density at radius 1 is 1.67 bits per heavy atom. The van der Waals surface area contributed by atoms with Crippen LogP contribution >= 0.6 is 0 Å². The summed E-state index contributed by atoms with van der Waals surface area (Å²) in [5.41, 5.74) is 6.70. The van der Waals surface area contributed by atoms with E-state index in [9.17, 15) is 4.79 Å². The molecule has 0 bridgehead atoms. The average Bonchev–Trinajstić information content (AvgIpc) is 2.01.